The van der Waals surface area contributed by atoms with Crippen LogP contribution in [0.25, 0.3) is 16.8 Å². The van der Waals surface area contributed by atoms with Crippen LogP contribution in [0.5, 0.6) is 11.5 Å². The van der Waals surface area contributed by atoms with Gasteiger partial charge in [0, 0.05) is 18.0 Å². The highest BCUT2D eigenvalue weighted by Crippen LogP contribution is 2.38. The molecule has 3 heterocycles. The second-order valence-electron chi connectivity index (χ2n) is 5.15. The first-order valence-electron chi connectivity index (χ1n) is 7.07. The van der Waals surface area contributed by atoms with Gasteiger partial charge in [-0.1, -0.05) is 6.08 Å². The third kappa shape index (κ3) is 1.97. The lowest BCUT2D eigenvalue weighted by Gasteiger charge is -2.20. The summed E-state index contributed by atoms with van der Waals surface area (Å²) in [5, 5.41) is 9.66. The molecule has 0 aliphatic carbocycles. The lowest BCUT2D eigenvalue weighted by atomic mass is 10.0. The molecular formula is C18H14N2O2. The molecule has 0 fully saturated rings. The van der Waals surface area contributed by atoms with E-state index >= 15 is 0 Å². The van der Waals surface area contributed by atoms with Crippen molar-refractivity contribution >= 4 is 16.8 Å². The van der Waals surface area contributed by atoms with Crippen LogP contribution >= 0.6 is 0 Å². The Bertz CT molecular complexity index is 935. The van der Waals surface area contributed by atoms with E-state index in [1.165, 1.54) is 0 Å². The second kappa shape index (κ2) is 4.77. The van der Waals surface area contributed by atoms with Crippen LogP contribution in [0.3, 0.4) is 0 Å². The topological polar surface area (TPSA) is 46.8 Å². The summed E-state index contributed by atoms with van der Waals surface area (Å²) in [6.45, 7) is 1.96. The SMILES string of the molecule is C/C=C1\C=C(c2cn3cccc3cn2)Oc2ccc(O)cc21. The fourth-order valence-electron chi connectivity index (χ4n) is 2.63. The maximum absolute atomic E-state index is 9.66. The third-order valence-electron chi connectivity index (χ3n) is 3.75. The number of allylic oxidation sites excluding steroid dienone is 3. The number of ether oxygens (including phenoxy) is 1. The summed E-state index contributed by atoms with van der Waals surface area (Å²) in [5.74, 6) is 1.64. The summed E-state index contributed by atoms with van der Waals surface area (Å²) >= 11 is 0. The van der Waals surface area contributed by atoms with Crippen molar-refractivity contribution in [3.05, 3.63) is 72.3 Å². The van der Waals surface area contributed by atoms with E-state index in [-0.39, 0.29) is 5.75 Å². The van der Waals surface area contributed by atoms with Gasteiger partial charge in [-0.2, -0.15) is 0 Å². The van der Waals surface area contributed by atoms with E-state index in [0.29, 0.717) is 5.76 Å². The van der Waals surface area contributed by atoms with Crippen LogP contribution in [-0.2, 0) is 0 Å². The molecule has 4 rings (SSSR count). The van der Waals surface area contributed by atoms with Crippen LogP contribution in [-0.4, -0.2) is 14.5 Å². The van der Waals surface area contributed by atoms with Crippen LogP contribution in [0, 0.1) is 0 Å². The van der Waals surface area contributed by atoms with E-state index in [4.69, 9.17) is 4.74 Å². The molecule has 1 aliphatic rings. The number of aromatic nitrogens is 2. The normalized spacial score (nSPS) is 15.5. The van der Waals surface area contributed by atoms with E-state index in [2.05, 4.69) is 4.98 Å². The Morgan fingerprint density at radius 1 is 1.27 bits per heavy atom. The van der Waals surface area contributed by atoms with Gasteiger partial charge in [0.1, 0.15) is 17.2 Å². The first-order chi connectivity index (χ1) is 10.7. The number of phenols is 1. The average Bonchev–Trinajstić information content (AvgIpc) is 3.01. The largest absolute Gasteiger partial charge is 0.508 e. The molecule has 0 saturated carbocycles. The van der Waals surface area contributed by atoms with E-state index in [9.17, 15) is 5.11 Å². The quantitative estimate of drug-likeness (QED) is 0.740. The summed E-state index contributed by atoms with van der Waals surface area (Å²) in [7, 11) is 0. The molecule has 108 valence electrons. The summed E-state index contributed by atoms with van der Waals surface area (Å²) in [4.78, 5) is 4.47. The van der Waals surface area contributed by atoms with Crippen molar-refractivity contribution in [3.63, 3.8) is 0 Å². The summed E-state index contributed by atoms with van der Waals surface area (Å²) in [6.07, 6.45) is 9.68. The number of rotatable bonds is 1. The molecule has 4 nitrogen and oxygen atoms in total. The number of benzene rings is 1. The molecule has 1 aliphatic heterocycles. The highest BCUT2D eigenvalue weighted by molar-refractivity contribution is 5.87. The van der Waals surface area contributed by atoms with Crippen molar-refractivity contribution in [1.29, 1.82) is 0 Å². The molecule has 0 bridgehead atoms. The van der Waals surface area contributed by atoms with Gasteiger partial charge in [0.25, 0.3) is 0 Å². The van der Waals surface area contributed by atoms with E-state index < -0.39 is 0 Å². The number of phenolic OH excluding ortho intramolecular Hbond substituents is 1. The summed E-state index contributed by atoms with van der Waals surface area (Å²) in [5.41, 5.74) is 3.69. The van der Waals surface area contributed by atoms with Crippen LogP contribution in [0.4, 0.5) is 0 Å². The van der Waals surface area contributed by atoms with Crippen LogP contribution in [0.1, 0.15) is 18.2 Å². The Morgan fingerprint density at radius 2 is 2.18 bits per heavy atom. The van der Waals surface area contributed by atoms with Gasteiger partial charge in [0.2, 0.25) is 0 Å². The van der Waals surface area contributed by atoms with Gasteiger partial charge >= 0.3 is 0 Å². The maximum Gasteiger partial charge on any atom is 0.155 e. The van der Waals surface area contributed by atoms with Gasteiger partial charge in [-0.3, -0.25) is 0 Å². The molecule has 0 radical (unpaired) electrons. The standard InChI is InChI=1S/C18H14N2O2/c1-2-12-8-18(22-17-6-5-14(21)9-15(12)17)16-11-20-7-3-4-13(20)10-19-16/h2-11,21H,1H3/b12-2+. The molecule has 3 aromatic rings. The molecule has 0 unspecified atom stereocenters. The predicted molar refractivity (Wildman–Crippen MR) is 85.6 cm³/mol. The number of aromatic hydroxyl groups is 1. The zero-order chi connectivity index (χ0) is 15.1. The van der Waals surface area contributed by atoms with Crippen molar-refractivity contribution in [1.82, 2.24) is 9.38 Å². The molecule has 22 heavy (non-hydrogen) atoms. The zero-order valence-corrected chi connectivity index (χ0v) is 12.0. The van der Waals surface area contributed by atoms with Crippen molar-refractivity contribution in [2.45, 2.75) is 6.92 Å². The van der Waals surface area contributed by atoms with Gasteiger partial charge < -0.3 is 14.2 Å². The lowest BCUT2D eigenvalue weighted by Crippen LogP contribution is -2.05. The van der Waals surface area contributed by atoms with Crippen LogP contribution < -0.4 is 4.74 Å². The number of nitrogens with zero attached hydrogens (tertiary/aromatic N) is 2. The zero-order valence-electron chi connectivity index (χ0n) is 12.0. The first kappa shape index (κ1) is 12.7. The molecule has 0 saturated heterocycles. The van der Waals surface area contributed by atoms with Gasteiger partial charge in [0.05, 0.1) is 11.7 Å². The van der Waals surface area contributed by atoms with Gasteiger partial charge in [-0.15, -0.1) is 0 Å². The van der Waals surface area contributed by atoms with Crippen LogP contribution in [0.2, 0.25) is 0 Å². The highest BCUT2D eigenvalue weighted by atomic mass is 16.5. The maximum atomic E-state index is 9.66. The van der Waals surface area contributed by atoms with Crippen molar-refractivity contribution in [2.75, 3.05) is 0 Å². The Morgan fingerprint density at radius 3 is 3.05 bits per heavy atom. The molecule has 1 aromatic carbocycles. The van der Waals surface area contributed by atoms with E-state index in [0.717, 1.165) is 28.1 Å². The smallest absolute Gasteiger partial charge is 0.155 e. The van der Waals surface area contributed by atoms with Gasteiger partial charge in [-0.25, -0.2) is 4.98 Å². The number of hydrogen-bond donors (Lipinski definition) is 1. The minimum Gasteiger partial charge on any atom is -0.508 e. The Hall–Kier alpha value is -3.01. The average molecular weight is 290 g/mol. The first-order valence-corrected chi connectivity index (χ1v) is 7.07. The predicted octanol–water partition coefficient (Wildman–Crippen LogP) is 3.88. The summed E-state index contributed by atoms with van der Waals surface area (Å²) < 4.78 is 7.97. The van der Waals surface area contributed by atoms with Crippen molar-refractivity contribution in [2.24, 2.45) is 0 Å². The fourth-order valence-corrected chi connectivity index (χ4v) is 2.63. The molecule has 0 spiro atoms. The second-order valence-corrected chi connectivity index (χ2v) is 5.15. The Labute approximate surface area is 127 Å². The molecule has 0 atom stereocenters. The third-order valence-corrected chi connectivity index (χ3v) is 3.75. The number of hydrogen-bond acceptors (Lipinski definition) is 3. The monoisotopic (exact) mass is 290 g/mol. The molecular weight excluding hydrogens is 276 g/mol. The van der Waals surface area contributed by atoms with Crippen LogP contribution in [0.15, 0.2) is 61.1 Å². The van der Waals surface area contributed by atoms with Gasteiger partial charge in [0.15, 0.2) is 5.76 Å². The summed E-state index contributed by atoms with van der Waals surface area (Å²) in [6, 6.07) is 9.09. The minimum atomic E-state index is 0.227. The Kier molecular flexibility index (Phi) is 2.76. The Balaban J connectivity index is 1.83. The molecule has 0 amide bonds. The van der Waals surface area contributed by atoms with E-state index in [1.54, 1.807) is 18.2 Å². The van der Waals surface area contributed by atoms with Crippen molar-refractivity contribution < 1.29 is 9.84 Å². The minimum absolute atomic E-state index is 0.227. The highest BCUT2D eigenvalue weighted by Gasteiger charge is 2.19. The molecule has 1 N–H and O–H groups in total. The van der Waals surface area contributed by atoms with Crippen molar-refractivity contribution in [3.8, 4) is 11.5 Å². The molecule has 4 heteroatoms. The molecule has 2 aromatic heterocycles. The number of fused-ring (bicyclic) bond motifs is 2. The van der Waals surface area contributed by atoms with E-state index in [1.807, 2.05) is 54.2 Å². The van der Waals surface area contributed by atoms with Gasteiger partial charge in [-0.05, 0) is 48.9 Å². The lowest BCUT2D eigenvalue weighted by molar-refractivity contribution is 0.469. The fraction of sp³-hybridized carbons (Fsp3) is 0.0556.